The predicted molar refractivity (Wildman–Crippen MR) is 182 cm³/mol. The van der Waals surface area contributed by atoms with Gasteiger partial charge in [0.05, 0.1) is 11.4 Å². The molecular weight excluding hydrogens is 590 g/mol. The van der Waals surface area contributed by atoms with Gasteiger partial charge in [-0.2, -0.15) is 0 Å². The minimum atomic E-state index is -2.92. The maximum absolute atomic E-state index is 14.1. The number of nitrogens with zero attached hydrogens (tertiary/aromatic N) is 2. The Balaban J connectivity index is 1.71. The minimum Gasteiger partial charge on any atom is -0.479 e. The first-order valence-electron chi connectivity index (χ1n) is 14.6. The lowest BCUT2D eigenvalue weighted by molar-refractivity contribution is -0.149. The number of aromatic nitrogens is 1. The van der Waals surface area contributed by atoms with Crippen LogP contribution in [0.3, 0.4) is 0 Å². The summed E-state index contributed by atoms with van der Waals surface area (Å²) in [5.41, 5.74) is -0.532. The second-order valence-corrected chi connectivity index (χ2v) is 10.3. The minimum absolute atomic E-state index is 0.00726. The van der Waals surface area contributed by atoms with Gasteiger partial charge in [0.2, 0.25) is 11.6 Å². The van der Waals surface area contributed by atoms with Crippen LogP contribution in [-0.4, -0.2) is 44.8 Å². The molecule has 0 saturated heterocycles. The van der Waals surface area contributed by atoms with Crippen molar-refractivity contribution in [2.75, 3.05) is 5.32 Å². The second kappa shape index (κ2) is 15.0. The number of hydrogen-bond donors (Lipinski definition) is 2. The number of aliphatic imine (C=N–C) groups is 1. The molecule has 0 aliphatic carbocycles. The molecular formula is C39H29N3O5. The lowest BCUT2D eigenvalue weighted by Gasteiger charge is -2.23. The molecule has 1 aromatic heterocycles. The highest BCUT2D eigenvalue weighted by Gasteiger charge is 2.51. The second-order valence-electron chi connectivity index (χ2n) is 10.3. The third kappa shape index (κ3) is 7.58. The van der Waals surface area contributed by atoms with Crippen molar-refractivity contribution in [2.45, 2.75) is 5.54 Å². The molecule has 0 radical (unpaired) electrons. The number of benzene rings is 4. The summed E-state index contributed by atoms with van der Waals surface area (Å²) < 4.78 is 0. The molecule has 8 heteroatoms. The molecule has 1 amide bonds. The molecule has 47 heavy (non-hydrogen) atoms. The summed E-state index contributed by atoms with van der Waals surface area (Å²) >= 11 is 0. The fourth-order valence-electron chi connectivity index (χ4n) is 4.73. The molecule has 0 bridgehead atoms. The summed E-state index contributed by atoms with van der Waals surface area (Å²) in [4.78, 5) is 63.2. The monoisotopic (exact) mass is 619 g/mol. The van der Waals surface area contributed by atoms with Crippen LogP contribution in [0.15, 0.2) is 157 Å². The van der Waals surface area contributed by atoms with Crippen molar-refractivity contribution < 1.29 is 24.3 Å². The average Bonchev–Trinajstić information content (AvgIpc) is 3.12. The Morgan fingerprint density at radius 1 is 0.638 bits per heavy atom. The number of nitrogens with one attached hydrogen (secondary N) is 1. The molecule has 0 unspecified atom stereocenters. The molecule has 0 saturated carbocycles. The molecule has 0 atom stereocenters. The normalized spacial score (nSPS) is 11.8. The first-order valence-corrected chi connectivity index (χ1v) is 14.6. The van der Waals surface area contributed by atoms with Crippen LogP contribution < -0.4 is 5.32 Å². The average molecular weight is 620 g/mol. The Morgan fingerprint density at radius 2 is 1.15 bits per heavy atom. The van der Waals surface area contributed by atoms with Crippen molar-refractivity contribution in [3.8, 4) is 0 Å². The van der Waals surface area contributed by atoms with Crippen molar-refractivity contribution in [1.82, 2.24) is 4.98 Å². The van der Waals surface area contributed by atoms with E-state index >= 15 is 0 Å². The van der Waals surface area contributed by atoms with Gasteiger partial charge in [0.25, 0.3) is 11.4 Å². The van der Waals surface area contributed by atoms with Crippen LogP contribution in [0.1, 0.15) is 32.7 Å². The number of carboxylic acids is 1. The Labute approximate surface area is 271 Å². The zero-order valence-electron chi connectivity index (χ0n) is 25.1. The van der Waals surface area contributed by atoms with E-state index in [1.807, 2.05) is 0 Å². The van der Waals surface area contributed by atoms with E-state index in [9.17, 15) is 24.3 Å². The summed E-state index contributed by atoms with van der Waals surface area (Å²) in [5.74, 6) is -4.38. The number of anilines is 1. The van der Waals surface area contributed by atoms with Gasteiger partial charge in [0, 0.05) is 17.3 Å². The van der Waals surface area contributed by atoms with E-state index in [0.29, 0.717) is 16.7 Å². The molecule has 8 nitrogen and oxygen atoms in total. The summed E-state index contributed by atoms with van der Waals surface area (Å²) in [6.07, 6.45) is 6.47. The molecule has 4 aromatic carbocycles. The molecule has 0 aliphatic rings. The first-order chi connectivity index (χ1) is 22.9. The van der Waals surface area contributed by atoms with Crippen LogP contribution in [0.25, 0.3) is 12.2 Å². The molecule has 1 heterocycles. The van der Waals surface area contributed by atoms with Crippen LogP contribution in [0, 0.1) is 0 Å². The quantitative estimate of drug-likeness (QED) is 0.0926. The zero-order chi connectivity index (χ0) is 33.1. The van der Waals surface area contributed by atoms with E-state index in [4.69, 9.17) is 0 Å². The Bertz CT molecular complexity index is 1910. The number of hydrogen-bond acceptors (Lipinski definition) is 6. The highest BCUT2D eigenvalue weighted by molar-refractivity contribution is 6.35. The van der Waals surface area contributed by atoms with Crippen molar-refractivity contribution in [3.63, 3.8) is 0 Å². The third-order valence-electron chi connectivity index (χ3n) is 7.13. The smallest absolute Gasteiger partial charge is 0.348 e. The fourth-order valence-corrected chi connectivity index (χ4v) is 4.73. The lowest BCUT2D eigenvalue weighted by Crippen LogP contribution is -2.51. The number of para-hydroxylation sites is 1. The van der Waals surface area contributed by atoms with Gasteiger partial charge in [-0.3, -0.25) is 19.4 Å². The summed E-state index contributed by atoms with van der Waals surface area (Å²) in [7, 11) is 0. The fraction of sp³-hybridized carbons (Fsp3) is 0.0256. The molecule has 5 aromatic rings. The SMILES string of the molecule is O=C(Nc1ccccc1C(=NC(C(=O)O)(C(=O)/C=C/c1ccccc1)C(=O)/C=C/c1ccccc1)c1ccccc1)c1ccccn1. The van der Waals surface area contributed by atoms with Gasteiger partial charge in [-0.25, -0.2) is 9.79 Å². The van der Waals surface area contributed by atoms with E-state index in [1.165, 1.54) is 18.3 Å². The van der Waals surface area contributed by atoms with Crippen molar-refractivity contribution >= 4 is 47.0 Å². The van der Waals surface area contributed by atoms with Gasteiger partial charge in [0.15, 0.2) is 0 Å². The Hall–Kier alpha value is -6.54. The van der Waals surface area contributed by atoms with Crippen molar-refractivity contribution in [3.05, 3.63) is 180 Å². The lowest BCUT2D eigenvalue weighted by atomic mass is 9.86. The summed E-state index contributed by atoms with van der Waals surface area (Å²) in [6, 6.07) is 37.7. The van der Waals surface area contributed by atoms with Gasteiger partial charge in [-0.15, -0.1) is 0 Å². The highest BCUT2D eigenvalue weighted by atomic mass is 16.4. The van der Waals surface area contributed by atoms with Gasteiger partial charge in [-0.1, -0.05) is 127 Å². The molecule has 0 spiro atoms. The number of carbonyl (C=O) groups excluding carboxylic acids is 3. The van der Waals surface area contributed by atoms with Gasteiger partial charge in [0.1, 0.15) is 5.69 Å². The number of ketones is 2. The number of rotatable bonds is 12. The van der Waals surface area contributed by atoms with E-state index in [2.05, 4.69) is 15.3 Å². The van der Waals surface area contributed by atoms with Crippen molar-refractivity contribution in [1.29, 1.82) is 0 Å². The predicted octanol–water partition coefficient (Wildman–Crippen LogP) is 6.56. The highest BCUT2D eigenvalue weighted by Crippen LogP contribution is 2.27. The number of amides is 1. The van der Waals surface area contributed by atoms with Crippen LogP contribution in [-0.2, 0) is 14.4 Å². The van der Waals surface area contributed by atoms with E-state index in [0.717, 1.165) is 12.2 Å². The first kappa shape index (κ1) is 31.9. The van der Waals surface area contributed by atoms with Gasteiger partial charge in [-0.05, 0) is 41.5 Å². The third-order valence-corrected chi connectivity index (χ3v) is 7.13. The molecule has 230 valence electrons. The van der Waals surface area contributed by atoms with Crippen LogP contribution in [0.5, 0.6) is 0 Å². The summed E-state index contributed by atoms with van der Waals surface area (Å²) in [5, 5.41) is 13.6. The van der Waals surface area contributed by atoms with Crippen LogP contribution in [0.2, 0.25) is 0 Å². The molecule has 0 aliphatic heterocycles. The van der Waals surface area contributed by atoms with Gasteiger partial charge < -0.3 is 10.4 Å². The maximum atomic E-state index is 14.1. The number of carbonyl (C=O) groups is 4. The van der Waals surface area contributed by atoms with E-state index in [1.54, 1.807) is 133 Å². The molecule has 2 N–H and O–H groups in total. The molecule has 0 fully saturated rings. The van der Waals surface area contributed by atoms with E-state index in [-0.39, 0.29) is 22.7 Å². The number of aliphatic carboxylic acids is 1. The van der Waals surface area contributed by atoms with Gasteiger partial charge >= 0.3 is 5.97 Å². The van der Waals surface area contributed by atoms with Crippen molar-refractivity contribution in [2.24, 2.45) is 4.99 Å². The number of carboxylic acid groups (broad SMARTS) is 1. The van der Waals surface area contributed by atoms with Crippen LogP contribution >= 0.6 is 0 Å². The summed E-state index contributed by atoms with van der Waals surface area (Å²) in [6.45, 7) is 0. The molecule has 5 rings (SSSR count). The number of pyridine rings is 1. The standard InChI is InChI=1S/C39H29N3O5/c43-34(25-23-28-14-4-1-5-15-28)39(38(46)47,35(44)26-24-29-16-6-2-7-17-29)42-36(30-18-8-3-9-19-30)31-20-10-11-21-32(31)41-37(45)33-22-12-13-27-40-33/h1-27H,(H,41,45)(H,46,47)/b25-23+,26-24+,42-36?. The maximum Gasteiger partial charge on any atom is 0.348 e. The van der Waals surface area contributed by atoms with E-state index < -0.39 is 29.0 Å². The zero-order valence-corrected chi connectivity index (χ0v) is 25.1. The Morgan fingerprint density at radius 3 is 1.68 bits per heavy atom. The van der Waals surface area contributed by atoms with Crippen LogP contribution in [0.4, 0.5) is 5.69 Å². The Kier molecular flexibility index (Phi) is 10.1. The topological polar surface area (TPSA) is 126 Å². The largest absolute Gasteiger partial charge is 0.479 e.